The van der Waals surface area contributed by atoms with Crippen LogP contribution in [0.2, 0.25) is 0 Å². The highest BCUT2D eigenvalue weighted by atomic mass is 33.1. The van der Waals surface area contributed by atoms with Crippen molar-refractivity contribution in [2.45, 2.75) is 25.5 Å². The van der Waals surface area contributed by atoms with Gasteiger partial charge < -0.3 is 0 Å². The Balaban J connectivity index is 3.62. The predicted octanol–water partition coefficient (Wildman–Crippen LogP) is 3.61. The molecule has 0 aliphatic heterocycles. The molecule has 0 amide bonds. The topological polar surface area (TPSA) is 17.1 Å². The van der Waals surface area contributed by atoms with E-state index in [4.69, 9.17) is 0 Å². The summed E-state index contributed by atoms with van der Waals surface area (Å²) < 4.78 is 11.5. The fraction of sp³-hybridized carbons (Fsp3) is 0.600. The number of hydrogen-bond donors (Lipinski definition) is 0. The minimum Gasteiger partial charge on any atom is -0.259 e. The van der Waals surface area contributed by atoms with E-state index < -0.39 is 10.8 Å². The zero-order valence-corrected chi connectivity index (χ0v) is 11.4. The molecule has 0 radical (unpaired) electrons. The van der Waals surface area contributed by atoms with Crippen LogP contribution in [0.15, 0.2) is 24.1 Å². The molecule has 1 unspecified atom stereocenters. The molecule has 82 valence electrons. The zero-order chi connectivity index (χ0) is 11.0. The van der Waals surface area contributed by atoms with Crippen LogP contribution >= 0.6 is 21.6 Å². The second-order valence-corrected chi connectivity index (χ2v) is 8.23. The first-order chi connectivity index (χ1) is 6.48. The summed E-state index contributed by atoms with van der Waals surface area (Å²) in [6.45, 7) is 9.62. The van der Waals surface area contributed by atoms with Gasteiger partial charge in [0, 0.05) is 27.1 Å². The van der Waals surface area contributed by atoms with Gasteiger partial charge in [-0.2, -0.15) is 0 Å². The van der Waals surface area contributed by atoms with Gasteiger partial charge in [0.2, 0.25) is 0 Å². The highest BCUT2D eigenvalue weighted by Crippen LogP contribution is 2.22. The molecular weight excluding hydrogens is 232 g/mol. The van der Waals surface area contributed by atoms with Crippen LogP contribution < -0.4 is 0 Å². The average Bonchev–Trinajstić information content (AvgIpc) is 2.09. The lowest BCUT2D eigenvalue weighted by molar-refractivity contribution is 0.651. The van der Waals surface area contributed by atoms with Crippen molar-refractivity contribution >= 4 is 32.4 Å². The standard InChI is InChI=1S/C10H18OS3/c1-5-7-12-13-8-6-9-14(11)10(2,3)4/h5-6,8H,1,7,9H2,2-4H3/b8-6-. The second-order valence-electron chi connectivity index (χ2n) is 3.67. The summed E-state index contributed by atoms with van der Waals surface area (Å²) in [5.41, 5.74) is 0. The molecule has 0 N–H and O–H groups in total. The van der Waals surface area contributed by atoms with E-state index in [2.05, 4.69) is 6.58 Å². The fourth-order valence-corrected chi connectivity index (χ4v) is 2.86. The number of rotatable bonds is 6. The smallest absolute Gasteiger partial charge is 0.0428 e. The van der Waals surface area contributed by atoms with E-state index in [1.165, 1.54) is 0 Å². The van der Waals surface area contributed by atoms with Crippen LogP contribution in [0, 0.1) is 0 Å². The summed E-state index contributed by atoms with van der Waals surface area (Å²) in [5, 5.41) is 2.00. The third-order valence-electron chi connectivity index (χ3n) is 1.34. The average molecular weight is 250 g/mol. The Morgan fingerprint density at radius 1 is 1.43 bits per heavy atom. The van der Waals surface area contributed by atoms with E-state index in [0.29, 0.717) is 5.75 Å². The van der Waals surface area contributed by atoms with Crippen LogP contribution in [0.4, 0.5) is 0 Å². The van der Waals surface area contributed by atoms with E-state index in [1.807, 2.05) is 38.3 Å². The Morgan fingerprint density at radius 3 is 2.57 bits per heavy atom. The third kappa shape index (κ3) is 7.71. The fourth-order valence-electron chi connectivity index (χ4n) is 0.543. The Hall–Kier alpha value is 0.330. The van der Waals surface area contributed by atoms with Gasteiger partial charge in [-0.1, -0.05) is 33.7 Å². The molecule has 0 aliphatic rings. The maximum Gasteiger partial charge on any atom is 0.0428 e. The SMILES string of the molecule is C=CCSS/C=C\CS(=O)C(C)(C)C. The van der Waals surface area contributed by atoms with Crippen molar-refractivity contribution in [3.63, 3.8) is 0 Å². The predicted molar refractivity (Wildman–Crippen MR) is 72.1 cm³/mol. The molecule has 0 spiro atoms. The summed E-state index contributed by atoms with van der Waals surface area (Å²) in [5.74, 6) is 1.59. The highest BCUT2D eigenvalue weighted by molar-refractivity contribution is 8.77. The first-order valence-corrected chi connectivity index (χ1v) is 8.11. The lowest BCUT2D eigenvalue weighted by Gasteiger charge is -2.15. The van der Waals surface area contributed by atoms with Gasteiger partial charge in [0.25, 0.3) is 0 Å². The molecule has 1 atom stereocenters. The van der Waals surface area contributed by atoms with Gasteiger partial charge in [0.05, 0.1) is 0 Å². The second kappa shape index (κ2) is 7.60. The van der Waals surface area contributed by atoms with E-state index in [0.717, 1.165) is 5.75 Å². The van der Waals surface area contributed by atoms with E-state index in [1.54, 1.807) is 21.6 Å². The summed E-state index contributed by atoms with van der Waals surface area (Å²) in [6.07, 6.45) is 3.85. The van der Waals surface area contributed by atoms with Gasteiger partial charge in [-0.05, 0) is 26.2 Å². The monoisotopic (exact) mass is 250 g/mol. The highest BCUT2D eigenvalue weighted by Gasteiger charge is 2.17. The largest absolute Gasteiger partial charge is 0.259 e. The van der Waals surface area contributed by atoms with Gasteiger partial charge >= 0.3 is 0 Å². The molecule has 0 aromatic heterocycles. The normalized spacial score (nSPS) is 14.5. The van der Waals surface area contributed by atoms with Gasteiger partial charge in [0.1, 0.15) is 0 Å². The molecule has 1 nitrogen and oxygen atoms in total. The first kappa shape index (κ1) is 14.3. The summed E-state index contributed by atoms with van der Waals surface area (Å²) in [6, 6.07) is 0. The van der Waals surface area contributed by atoms with Gasteiger partial charge in [-0.15, -0.1) is 6.58 Å². The Morgan fingerprint density at radius 2 is 2.07 bits per heavy atom. The zero-order valence-electron chi connectivity index (χ0n) is 8.99. The molecule has 14 heavy (non-hydrogen) atoms. The van der Waals surface area contributed by atoms with Crippen molar-refractivity contribution < 1.29 is 4.21 Å². The van der Waals surface area contributed by atoms with Crippen LogP contribution in [-0.4, -0.2) is 20.5 Å². The van der Waals surface area contributed by atoms with E-state index >= 15 is 0 Å². The maximum atomic E-state index is 11.6. The minimum absolute atomic E-state index is 0.108. The van der Waals surface area contributed by atoms with Crippen molar-refractivity contribution in [1.29, 1.82) is 0 Å². The molecule has 0 bridgehead atoms. The quantitative estimate of drug-likeness (QED) is 0.407. The van der Waals surface area contributed by atoms with Crippen molar-refractivity contribution in [2.24, 2.45) is 0 Å². The van der Waals surface area contributed by atoms with Crippen LogP contribution in [-0.2, 0) is 10.8 Å². The van der Waals surface area contributed by atoms with Crippen molar-refractivity contribution in [3.05, 3.63) is 24.1 Å². The van der Waals surface area contributed by atoms with Crippen molar-refractivity contribution in [3.8, 4) is 0 Å². The molecule has 0 aromatic rings. The van der Waals surface area contributed by atoms with Crippen LogP contribution in [0.5, 0.6) is 0 Å². The molecule has 0 saturated heterocycles. The number of hydrogen-bond acceptors (Lipinski definition) is 3. The lowest BCUT2D eigenvalue weighted by Crippen LogP contribution is -2.23. The van der Waals surface area contributed by atoms with Gasteiger partial charge in [-0.3, -0.25) is 4.21 Å². The molecule has 0 aromatic carbocycles. The lowest BCUT2D eigenvalue weighted by atomic mass is 10.3. The maximum absolute atomic E-state index is 11.6. The molecule has 0 fully saturated rings. The first-order valence-electron chi connectivity index (χ1n) is 4.41. The summed E-state index contributed by atoms with van der Waals surface area (Å²) in [4.78, 5) is 0. The summed E-state index contributed by atoms with van der Waals surface area (Å²) in [7, 11) is 2.61. The Kier molecular flexibility index (Phi) is 7.78. The van der Waals surface area contributed by atoms with Crippen LogP contribution in [0.1, 0.15) is 20.8 Å². The molecule has 0 aliphatic carbocycles. The summed E-state index contributed by atoms with van der Waals surface area (Å²) >= 11 is 0. The van der Waals surface area contributed by atoms with Crippen LogP contribution in [0.25, 0.3) is 0 Å². The molecule has 0 rings (SSSR count). The third-order valence-corrected chi connectivity index (χ3v) is 5.16. The Labute approximate surface area is 97.7 Å². The molecule has 0 heterocycles. The minimum atomic E-state index is -0.774. The molecule has 0 saturated carbocycles. The van der Waals surface area contributed by atoms with Gasteiger partial charge in [-0.25, -0.2) is 0 Å². The Bertz CT molecular complexity index is 216. The van der Waals surface area contributed by atoms with E-state index in [9.17, 15) is 4.21 Å². The molecular formula is C10H18OS3. The van der Waals surface area contributed by atoms with E-state index in [-0.39, 0.29) is 4.75 Å². The van der Waals surface area contributed by atoms with Crippen molar-refractivity contribution in [2.75, 3.05) is 11.5 Å². The van der Waals surface area contributed by atoms with Gasteiger partial charge in [0.15, 0.2) is 0 Å². The molecule has 4 heteroatoms. The van der Waals surface area contributed by atoms with Crippen molar-refractivity contribution in [1.82, 2.24) is 0 Å². The van der Waals surface area contributed by atoms with Crippen LogP contribution in [0.3, 0.4) is 0 Å².